The first-order valence-corrected chi connectivity index (χ1v) is 40.1. The molecule has 40 heteroatoms. The number of amides is 3. The molecule has 123 heavy (non-hydrogen) atoms. The lowest BCUT2D eigenvalue weighted by atomic mass is 10.0. The maximum absolute atomic E-state index is 13.9. The molecular weight excluding hydrogens is 1610 g/mol. The van der Waals surface area contributed by atoms with E-state index in [0.717, 1.165) is 85.2 Å². The average molecular weight is 1700 g/mol. The lowest BCUT2D eigenvalue weighted by Crippen LogP contribution is -2.45. The number of piperidine rings is 1. The Morgan fingerprint density at radius 2 is 1.06 bits per heavy atom. The molecule has 14 heterocycles. The van der Waals surface area contributed by atoms with Crippen molar-refractivity contribution in [3.63, 3.8) is 0 Å². The molecule has 0 spiro atoms. The molecule has 4 atom stereocenters. The third kappa shape index (κ3) is 21.2. The minimum atomic E-state index is -4.75. The summed E-state index contributed by atoms with van der Waals surface area (Å²) in [5.74, 6) is 4.39. The summed E-state index contributed by atoms with van der Waals surface area (Å²) in [7, 11) is 5.70. The average Bonchev–Trinajstić information content (AvgIpc) is 1.75. The van der Waals surface area contributed by atoms with E-state index in [9.17, 15) is 59.3 Å². The van der Waals surface area contributed by atoms with Crippen molar-refractivity contribution in [2.45, 2.75) is 114 Å². The number of rotatable bonds is 26. The summed E-state index contributed by atoms with van der Waals surface area (Å²) < 4.78 is 129. The van der Waals surface area contributed by atoms with Crippen LogP contribution in [0, 0.1) is 12.3 Å². The van der Waals surface area contributed by atoms with Crippen LogP contribution >= 0.6 is 0 Å². The molecule has 0 bridgehead atoms. The molecule has 5 aliphatic rings. The van der Waals surface area contributed by atoms with Crippen LogP contribution in [0.15, 0.2) is 168 Å². The second-order valence-corrected chi connectivity index (χ2v) is 31.2. The molecule has 5 aliphatic heterocycles. The fourth-order valence-corrected chi connectivity index (χ4v) is 15.7. The number of aromatic nitrogens is 9. The third-order valence-corrected chi connectivity index (χ3v) is 22.8. The number of nitrogens with zero attached hydrogens (tertiary/aromatic N) is 22. The first kappa shape index (κ1) is 87.0. The zero-order chi connectivity index (χ0) is 87.0. The first-order chi connectivity index (χ1) is 58.8. The number of carbonyl (C=O) groups excluding carboxylic acids is 3. The number of halogens is 9. The van der Waals surface area contributed by atoms with Gasteiger partial charge in [-0.25, -0.2) is 15.9 Å². The Hall–Kier alpha value is -12.4. The zero-order valence-electron chi connectivity index (χ0n) is 68.2. The maximum Gasteiger partial charge on any atom is 0.416 e. The fourth-order valence-electron chi connectivity index (χ4n) is 15.7. The van der Waals surface area contributed by atoms with Crippen LogP contribution < -0.4 is 51.5 Å². The Morgan fingerprint density at radius 3 is 1.63 bits per heavy atom. The van der Waals surface area contributed by atoms with E-state index in [1.165, 1.54) is 23.6 Å². The lowest BCUT2D eigenvalue weighted by molar-refractivity contribution is -0.138. The molecule has 4 unspecified atom stereocenters. The van der Waals surface area contributed by atoms with Crippen LogP contribution in [0.3, 0.4) is 0 Å². The predicted octanol–water partition coefficient (Wildman–Crippen LogP) is 12.8. The Labute approximate surface area is 702 Å². The fraction of sp³-hybridized carbons (Fsp3) is 0.410. The van der Waals surface area contributed by atoms with E-state index >= 15 is 0 Å². The molecule has 9 aromatic rings. The summed E-state index contributed by atoms with van der Waals surface area (Å²) in [6, 6.07) is 14.6. The number of likely N-dealkylation sites (N-methyl/N-ethyl adjacent to an activating group) is 1. The number of likely N-dealkylation sites (tertiary alicyclic amines) is 1. The largest absolute Gasteiger partial charge is 0.416 e. The van der Waals surface area contributed by atoms with Gasteiger partial charge in [-0.1, -0.05) is 10.4 Å². The van der Waals surface area contributed by atoms with E-state index in [1.807, 2.05) is 25.4 Å². The molecule has 646 valence electrons. The maximum atomic E-state index is 13.9. The van der Waals surface area contributed by atoms with Crippen molar-refractivity contribution in [2.75, 3.05) is 152 Å². The summed E-state index contributed by atoms with van der Waals surface area (Å²) in [4.78, 5) is 94.0. The molecule has 0 aliphatic carbocycles. The quantitative estimate of drug-likeness (QED) is 0.0145. The molecule has 14 rings (SSSR count). The van der Waals surface area contributed by atoms with Gasteiger partial charge in [0.05, 0.1) is 154 Å². The van der Waals surface area contributed by atoms with Gasteiger partial charge in [-0.15, -0.1) is 0 Å². The number of alkyl halides is 9. The van der Waals surface area contributed by atoms with Crippen LogP contribution in [0.4, 0.5) is 90.7 Å². The molecule has 0 saturated carbocycles. The van der Waals surface area contributed by atoms with Crippen molar-refractivity contribution in [1.29, 1.82) is 5.41 Å². The summed E-state index contributed by atoms with van der Waals surface area (Å²) in [5.41, 5.74) is 3.49. The number of nitrogens with one attached hydrogen (secondary N) is 4. The number of anilines is 9. The van der Waals surface area contributed by atoms with Crippen molar-refractivity contribution in [3.8, 4) is 0 Å². The van der Waals surface area contributed by atoms with Gasteiger partial charge in [0.25, 0.3) is 17.7 Å². The Morgan fingerprint density at radius 1 is 0.561 bits per heavy atom. The molecule has 9 aromatic heterocycles. The normalized spacial score (nSPS) is 18.4. The smallest absolute Gasteiger partial charge is 0.383 e. The van der Waals surface area contributed by atoms with E-state index in [4.69, 9.17) is 30.9 Å². The van der Waals surface area contributed by atoms with Gasteiger partial charge >= 0.3 is 18.5 Å². The van der Waals surface area contributed by atoms with Crippen molar-refractivity contribution >= 4 is 74.6 Å². The van der Waals surface area contributed by atoms with Gasteiger partial charge in [0, 0.05) is 164 Å². The van der Waals surface area contributed by atoms with E-state index in [1.54, 1.807) is 73.2 Å². The number of aryl methyl sites for hydroxylation is 1. The van der Waals surface area contributed by atoms with Crippen LogP contribution in [-0.2, 0) is 36.1 Å². The van der Waals surface area contributed by atoms with Gasteiger partial charge in [0.2, 0.25) is 0 Å². The molecule has 3 amide bonds. The highest BCUT2D eigenvalue weighted by molar-refractivity contribution is 6.05. The molecule has 31 nitrogen and oxygen atoms in total. The number of carbonyl (C=O) groups is 3. The van der Waals surface area contributed by atoms with Gasteiger partial charge in [0.15, 0.2) is 0 Å². The van der Waals surface area contributed by atoms with E-state index in [0.29, 0.717) is 154 Å². The van der Waals surface area contributed by atoms with Crippen LogP contribution in [0.5, 0.6) is 0 Å². The molecular formula is C83H92F9N27O4. The van der Waals surface area contributed by atoms with Gasteiger partial charge in [0.1, 0.15) is 29.2 Å². The minimum Gasteiger partial charge on any atom is -0.383 e. The van der Waals surface area contributed by atoms with Gasteiger partial charge in [-0.3, -0.25) is 64.1 Å². The standard InChI is InChI=1S/C83H92F9N27O4/c1-50(2)113-17-10-61(11-18-113)112(5)64-28-53(39-96-44-64)74-49-119(110-108-74)77-35-60(106-80(122)72-32-57(9-16-100-72)83(90,91)92)43-103-69(77)37-63-13-20-115(23-24-116(63)25-26-123-6)65-27-52(38-95-45-65)67(93)47-117(94)76-34-59(105-79(121)71-31-56(8-15-99-71)82(87,88)89)42-102-68(76)36-62-12-19-114(22-21-111(62)4)66-29-54(40-97-46-66)73-48-118(109-107-73)75-33-58(41-101-51(75)3)104-78(120)70-30-55(7-14-98-70)81(84,85)86/h7-9,14-16,27-35,38-46,50,61-63,73-74,93H,10-13,17-26,36-37,47-49,94H2,1-6H3,(H,104,120)(H,105,121)(H,106,122). The Kier molecular flexibility index (Phi) is 26.5. The molecule has 0 radical (unpaired) electrons. The first-order valence-electron chi connectivity index (χ1n) is 40.1. The zero-order valence-corrected chi connectivity index (χ0v) is 68.2. The third-order valence-electron chi connectivity index (χ3n) is 22.8. The number of hydrazine groups is 1. The van der Waals surface area contributed by atoms with Gasteiger partial charge in [-0.05, 0) is 126 Å². The van der Waals surface area contributed by atoms with Crippen molar-refractivity contribution < 1.29 is 58.6 Å². The monoisotopic (exact) mass is 1700 g/mol. The molecule has 0 aromatic carbocycles. The summed E-state index contributed by atoms with van der Waals surface area (Å²) in [6.07, 6.45) is 7.06. The Bertz CT molecular complexity index is 5370. The summed E-state index contributed by atoms with van der Waals surface area (Å²) >= 11 is 0. The Balaban J connectivity index is 0.664. The van der Waals surface area contributed by atoms with Gasteiger partial charge < -0.3 is 55.6 Å². The number of ether oxygens (including phenoxy) is 1. The van der Waals surface area contributed by atoms with Gasteiger partial charge in [-0.2, -0.15) is 49.7 Å². The highest BCUT2D eigenvalue weighted by Crippen LogP contribution is 2.40. The highest BCUT2D eigenvalue weighted by atomic mass is 19.4. The van der Waals surface area contributed by atoms with E-state index in [-0.39, 0.29) is 54.5 Å². The van der Waals surface area contributed by atoms with Crippen molar-refractivity contribution in [2.24, 2.45) is 26.5 Å². The minimum absolute atomic E-state index is 0.0548. The van der Waals surface area contributed by atoms with Crippen LogP contribution in [-0.4, -0.2) is 214 Å². The molecule has 3 fully saturated rings. The second kappa shape index (κ2) is 37.5. The highest BCUT2D eigenvalue weighted by Gasteiger charge is 2.38. The van der Waals surface area contributed by atoms with E-state index < -0.39 is 82.1 Å². The topological polar surface area (TPSA) is 341 Å². The lowest BCUT2D eigenvalue weighted by Gasteiger charge is -2.39. The van der Waals surface area contributed by atoms with Crippen molar-refractivity contribution in [3.05, 3.63) is 215 Å². The van der Waals surface area contributed by atoms with Crippen molar-refractivity contribution in [1.82, 2.24) is 59.6 Å². The summed E-state index contributed by atoms with van der Waals surface area (Å²) in [6.45, 7) is 12.7. The number of hydrogen-bond acceptors (Lipinski definition) is 28. The molecule has 6 N–H and O–H groups in total. The predicted molar refractivity (Wildman–Crippen MR) is 443 cm³/mol. The number of pyridine rings is 9. The van der Waals surface area contributed by atoms with Crippen LogP contribution in [0.25, 0.3) is 0 Å². The van der Waals surface area contributed by atoms with Crippen LogP contribution in [0.1, 0.15) is 134 Å². The van der Waals surface area contributed by atoms with E-state index in [2.05, 4.69) is 118 Å². The number of methoxy groups -OCH3 is 1. The summed E-state index contributed by atoms with van der Waals surface area (Å²) in [5, 5.41) is 40.7. The number of hydrogen-bond donors (Lipinski definition) is 5. The second-order valence-electron chi connectivity index (χ2n) is 31.2. The molecule has 3 saturated heterocycles. The number of nitrogens with two attached hydrogens (primary N) is 1. The van der Waals surface area contributed by atoms with Crippen LogP contribution in [0.2, 0.25) is 0 Å². The SMILES string of the molecule is COCCN1CCN(c2cncc(C(=N)CN(N)c3cc(NC(=O)c4cc(C(F)(F)F)ccn4)cnc3CC3CCN(c4cncc(C5CN(c6cc(NC(=O)c7cc(C(F)(F)F)ccn7)cnc6C)N=N5)c4)CCN3C)c2)CCC1Cc1ncc(NC(=O)c2cc(C(F)(F)F)ccn2)cc1N1CC(c2cncc(N(C)C3CCN(C(C)C)CC3)c2)N=N1.